The van der Waals surface area contributed by atoms with Gasteiger partial charge in [-0.25, -0.2) is 0 Å². The van der Waals surface area contributed by atoms with E-state index in [1.807, 2.05) is 6.07 Å². The quantitative estimate of drug-likeness (QED) is 0.690. The number of hydrogen-bond donors (Lipinski definition) is 3. The average Bonchev–Trinajstić information content (AvgIpc) is 2.40. The summed E-state index contributed by atoms with van der Waals surface area (Å²) in [6, 6.07) is 15.2. The zero-order valence-corrected chi connectivity index (χ0v) is 9.58. The number of carbonyl (C=O) groups excluding carboxylic acids is 1. The summed E-state index contributed by atoms with van der Waals surface area (Å²) in [5.74, 6) is -0.236. The maximum Gasteiger partial charge on any atom is 0.488 e. The number of nitrogens with one attached hydrogen (secondary N) is 1. The second-order valence-electron chi connectivity index (χ2n) is 3.82. The highest BCUT2D eigenvalue weighted by atomic mass is 16.4. The first-order valence-electron chi connectivity index (χ1n) is 5.49. The smallest absolute Gasteiger partial charge is 0.423 e. The highest BCUT2D eigenvalue weighted by Crippen LogP contribution is 2.07. The van der Waals surface area contributed by atoms with Crippen LogP contribution in [0.3, 0.4) is 0 Å². The molecule has 0 bridgehead atoms. The van der Waals surface area contributed by atoms with Gasteiger partial charge in [-0.05, 0) is 29.7 Å². The molecule has 4 nitrogen and oxygen atoms in total. The Balaban J connectivity index is 2.15. The predicted octanol–water partition coefficient (Wildman–Crippen LogP) is 0.619. The number of anilines is 1. The van der Waals surface area contributed by atoms with Crippen LogP contribution >= 0.6 is 0 Å². The number of rotatable bonds is 3. The van der Waals surface area contributed by atoms with Crippen LogP contribution in [0.15, 0.2) is 54.6 Å². The van der Waals surface area contributed by atoms with Gasteiger partial charge < -0.3 is 15.4 Å². The predicted molar refractivity (Wildman–Crippen MR) is 70.7 cm³/mol. The summed E-state index contributed by atoms with van der Waals surface area (Å²) >= 11 is 0. The molecule has 0 saturated heterocycles. The van der Waals surface area contributed by atoms with Crippen molar-refractivity contribution in [1.82, 2.24) is 0 Å². The maximum atomic E-state index is 11.9. The van der Waals surface area contributed by atoms with Crippen LogP contribution in [-0.4, -0.2) is 23.1 Å². The fourth-order valence-corrected chi connectivity index (χ4v) is 1.57. The fraction of sp³-hybridized carbons (Fsp3) is 0. The molecule has 90 valence electrons. The summed E-state index contributed by atoms with van der Waals surface area (Å²) < 4.78 is 0. The van der Waals surface area contributed by atoms with Gasteiger partial charge in [0.15, 0.2) is 0 Å². The number of carbonyl (C=O) groups is 1. The van der Waals surface area contributed by atoms with E-state index in [1.54, 1.807) is 42.5 Å². The van der Waals surface area contributed by atoms with Gasteiger partial charge in [0.1, 0.15) is 0 Å². The number of amides is 1. The van der Waals surface area contributed by atoms with Gasteiger partial charge in [-0.3, -0.25) is 4.79 Å². The van der Waals surface area contributed by atoms with Crippen LogP contribution in [0.4, 0.5) is 5.69 Å². The standard InChI is InChI=1S/C13H12BNO3/c16-13(10-5-2-1-3-6-10)15-12-8-4-7-11(9-12)14(17)18/h1-9,17-18H,(H,15,16). The molecule has 0 atom stereocenters. The second kappa shape index (κ2) is 5.49. The number of hydrogen-bond acceptors (Lipinski definition) is 3. The third kappa shape index (κ3) is 2.97. The molecule has 0 aliphatic heterocycles. The van der Waals surface area contributed by atoms with Crippen molar-refractivity contribution in [3.05, 3.63) is 60.2 Å². The molecule has 0 fully saturated rings. The van der Waals surface area contributed by atoms with Crippen LogP contribution in [0.1, 0.15) is 10.4 Å². The molecule has 0 aromatic heterocycles. The summed E-state index contributed by atoms with van der Waals surface area (Å²) in [6.07, 6.45) is 0. The second-order valence-corrected chi connectivity index (χ2v) is 3.82. The lowest BCUT2D eigenvalue weighted by atomic mass is 9.80. The van der Waals surface area contributed by atoms with Gasteiger partial charge in [-0.2, -0.15) is 0 Å². The first-order valence-corrected chi connectivity index (χ1v) is 5.49. The molecular formula is C13H12BNO3. The van der Waals surface area contributed by atoms with Crippen molar-refractivity contribution in [1.29, 1.82) is 0 Å². The van der Waals surface area contributed by atoms with Gasteiger partial charge in [-0.15, -0.1) is 0 Å². The van der Waals surface area contributed by atoms with Crippen molar-refractivity contribution in [2.24, 2.45) is 0 Å². The van der Waals surface area contributed by atoms with E-state index in [1.165, 1.54) is 6.07 Å². The van der Waals surface area contributed by atoms with E-state index in [4.69, 9.17) is 10.0 Å². The van der Waals surface area contributed by atoms with Crippen LogP contribution in [-0.2, 0) is 0 Å². The van der Waals surface area contributed by atoms with Crippen LogP contribution in [0.5, 0.6) is 0 Å². The van der Waals surface area contributed by atoms with E-state index >= 15 is 0 Å². The summed E-state index contributed by atoms with van der Waals surface area (Å²) in [6.45, 7) is 0. The lowest BCUT2D eigenvalue weighted by Gasteiger charge is -2.07. The van der Waals surface area contributed by atoms with Gasteiger partial charge in [0.25, 0.3) is 5.91 Å². The monoisotopic (exact) mass is 241 g/mol. The van der Waals surface area contributed by atoms with Crippen molar-refractivity contribution in [3.63, 3.8) is 0 Å². The fourth-order valence-electron chi connectivity index (χ4n) is 1.57. The molecule has 2 aromatic rings. The molecule has 0 aliphatic rings. The van der Waals surface area contributed by atoms with Crippen molar-refractivity contribution in [3.8, 4) is 0 Å². The zero-order valence-electron chi connectivity index (χ0n) is 9.58. The summed E-state index contributed by atoms with van der Waals surface area (Å²) in [5.41, 5.74) is 1.41. The Morgan fingerprint density at radius 3 is 2.39 bits per heavy atom. The van der Waals surface area contributed by atoms with Crippen LogP contribution < -0.4 is 10.8 Å². The molecule has 18 heavy (non-hydrogen) atoms. The molecule has 0 spiro atoms. The molecule has 0 heterocycles. The molecule has 0 unspecified atom stereocenters. The van der Waals surface area contributed by atoms with Crippen LogP contribution in [0, 0.1) is 0 Å². The SMILES string of the molecule is O=C(Nc1cccc(B(O)O)c1)c1ccccc1. The van der Waals surface area contributed by atoms with Crippen molar-refractivity contribution in [2.45, 2.75) is 0 Å². The molecule has 1 amide bonds. The lowest BCUT2D eigenvalue weighted by Crippen LogP contribution is -2.30. The summed E-state index contributed by atoms with van der Waals surface area (Å²) in [7, 11) is -1.54. The highest BCUT2D eigenvalue weighted by molar-refractivity contribution is 6.58. The number of benzene rings is 2. The molecular weight excluding hydrogens is 229 g/mol. The minimum atomic E-state index is -1.54. The van der Waals surface area contributed by atoms with Gasteiger partial charge in [0.2, 0.25) is 0 Å². The Labute approximate surface area is 105 Å². The Morgan fingerprint density at radius 2 is 1.72 bits per heavy atom. The van der Waals surface area contributed by atoms with Crippen LogP contribution in [0.2, 0.25) is 0 Å². The third-order valence-electron chi connectivity index (χ3n) is 2.48. The van der Waals surface area contributed by atoms with E-state index in [2.05, 4.69) is 5.32 Å². The molecule has 0 aliphatic carbocycles. The van der Waals surface area contributed by atoms with Gasteiger partial charge in [0, 0.05) is 11.3 Å². The van der Waals surface area contributed by atoms with Crippen molar-refractivity contribution < 1.29 is 14.8 Å². The van der Waals surface area contributed by atoms with Gasteiger partial charge in [0.05, 0.1) is 0 Å². The molecule has 0 radical (unpaired) electrons. The van der Waals surface area contributed by atoms with Crippen molar-refractivity contribution in [2.75, 3.05) is 5.32 Å². The highest BCUT2D eigenvalue weighted by Gasteiger charge is 2.12. The van der Waals surface area contributed by atoms with Crippen molar-refractivity contribution >= 4 is 24.2 Å². The van der Waals surface area contributed by atoms with E-state index in [0.717, 1.165) is 0 Å². The molecule has 5 heteroatoms. The molecule has 2 aromatic carbocycles. The third-order valence-corrected chi connectivity index (χ3v) is 2.48. The van der Waals surface area contributed by atoms with E-state index in [0.29, 0.717) is 16.7 Å². The Kier molecular flexibility index (Phi) is 3.77. The first-order chi connectivity index (χ1) is 8.66. The largest absolute Gasteiger partial charge is 0.488 e. The molecule has 3 N–H and O–H groups in total. The topological polar surface area (TPSA) is 69.6 Å². The van der Waals surface area contributed by atoms with E-state index in [9.17, 15) is 4.79 Å². The Morgan fingerprint density at radius 1 is 1.00 bits per heavy atom. The lowest BCUT2D eigenvalue weighted by molar-refractivity contribution is 0.102. The minimum absolute atomic E-state index is 0.236. The van der Waals surface area contributed by atoms with E-state index in [-0.39, 0.29) is 5.91 Å². The zero-order chi connectivity index (χ0) is 13.0. The first kappa shape index (κ1) is 12.4. The van der Waals surface area contributed by atoms with Gasteiger partial charge >= 0.3 is 7.12 Å². The average molecular weight is 241 g/mol. The van der Waals surface area contributed by atoms with Crippen LogP contribution in [0.25, 0.3) is 0 Å². The normalized spacial score (nSPS) is 9.89. The van der Waals surface area contributed by atoms with E-state index < -0.39 is 7.12 Å². The molecule has 2 rings (SSSR count). The maximum absolute atomic E-state index is 11.9. The summed E-state index contributed by atoms with van der Waals surface area (Å²) in [5, 5.41) is 20.8. The molecule has 0 saturated carbocycles. The minimum Gasteiger partial charge on any atom is -0.423 e. The van der Waals surface area contributed by atoms with Gasteiger partial charge in [-0.1, -0.05) is 30.3 Å². The Hall–Kier alpha value is -2.11. The summed E-state index contributed by atoms with van der Waals surface area (Å²) in [4.78, 5) is 11.9. The Bertz CT molecular complexity index is 543.